The number of rotatable bonds is 7. The van der Waals surface area contributed by atoms with Gasteiger partial charge in [-0.2, -0.15) is 0 Å². The van der Waals surface area contributed by atoms with Crippen molar-refractivity contribution in [1.82, 2.24) is 5.32 Å². The highest BCUT2D eigenvalue weighted by molar-refractivity contribution is 7.99. The largest absolute Gasteiger partial charge is 0.394 e. The fraction of sp³-hybridized carbons (Fsp3) is 0.571. The molecule has 1 atom stereocenters. The van der Waals surface area contributed by atoms with Crippen LogP contribution in [0.1, 0.15) is 26.2 Å². The molecular formula is C14H19F2NOS. The van der Waals surface area contributed by atoms with E-state index in [9.17, 15) is 13.9 Å². The smallest absolute Gasteiger partial charge is 0.159 e. The Balaban J connectivity index is 1.82. The van der Waals surface area contributed by atoms with Crippen LogP contribution >= 0.6 is 11.8 Å². The van der Waals surface area contributed by atoms with Crippen molar-refractivity contribution in [3.63, 3.8) is 0 Å². The van der Waals surface area contributed by atoms with Crippen LogP contribution in [0.3, 0.4) is 0 Å². The summed E-state index contributed by atoms with van der Waals surface area (Å²) in [6.45, 7) is 2.08. The van der Waals surface area contributed by atoms with E-state index < -0.39 is 11.6 Å². The summed E-state index contributed by atoms with van der Waals surface area (Å²) in [5, 5.41) is 12.9. The van der Waals surface area contributed by atoms with Gasteiger partial charge >= 0.3 is 0 Å². The van der Waals surface area contributed by atoms with Crippen molar-refractivity contribution < 1.29 is 13.9 Å². The van der Waals surface area contributed by atoms with Gasteiger partial charge in [0.2, 0.25) is 0 Å². The fourth-order valence-electron chi connectivity index (χ4n) is 1.88. The molecule has 0 bridgehead atoms. The lowest BCUT2D eigenvalue weighted by molar-refractivity contribution is 0.169. The molecule has 19 heavy (non-hydrogen) atoms. The Kier molecular flexibility index (Phi) is 4.81. The quantitative estimate of drug-likeness (QED) is 0.756. The van der Waals surface area contributed by atoms with E-state index in [1.54, 1.807) is 6.07 Å². The van der Waals surface area contributed by atoms with E-state index in [2.05, 4.69) is 5.32 Å². The van der Waals surface area contributed by atoms with Gasteiger partial charge in [-0.25, -0.2) is 8.78 Å². The van der Waals surface area contributed by atoms with Crippen LogP contribution in [-0.4, -0.2) is 29.0 Å². The van der Waals surface area contributed by atoms with Gasteiger partial charge in [-0.1, -0.05) is 0 Å². The topological polar surface area (TPSA) is 32.3 Å². The van der Waals surface area contributed by atoms with Crippen molar-refractivity contribution in [2.45, 2.75) is 42.7 Å². The Bertz CT molecular complexity index is 439. The second kappa shape index (κ2) is 6.20. The number of thioether (sulfide) groups is 1. The van der Waals surface area contributed by atoms with Crippen molar-refractivity contribution in [1.29, 1.82) is 0 Å². The third kappa shape index (κ3) is 4.44. The van der Waals surface area contributed by atoms with Gasteiger partial charge in [-0.05, 0) is 50.1 Å². The molecule has 0 amide bonds. The van der Waals surface area contributed by atoms with Gasteiger partial charge in [0, 0.05) is 16.5 Å². The van der Waals surface area contributed by atoms with E-state index in [4.69, 9.17) is 0 Å². The first-order valence-corrected chi connectivity index (χ1v) is 7.47. The molecule has 106 valence electrons. The standard InChI is InChI=1S/C14H19F2NOS/c1-14(9-18,17-10-2-3-10)6-7-19-11-4-5-12(15)13(16)8-11/h4-5,8,10,17-18H,2-3,6-7,9H2,1H3. The molecule has 0 aromatic heterocycles. The zero-order valence-corrected chi connectivity index (χ0v) is 11.8. The summed E-state index contributed by atoms with van der Waals surface area (Å²) in [4.78, 5) is 0.714. The van der Waals surface area contributed by atoms with Crippen LogP contribution in [0.4, 0.5) is 8.78 Å². The van der Waals surface area contributed by atoms with Crippen LogP contribution < -0.4 is 5.32 Å². The molecule has 0 heterocycles. The van der Waals surface area contributed by atoms with E-state index in [0.717, 1.165) is 18.2 Å². The summed E-state index contributed by atoms with van der Waals surface area (Å²) >= 11 is 1.48. The first-order valence-electron chi connectivity index (χ1n) is 6.49. The lowest BCUT2D eigenvalue weighted by atomic mass is 10.0. The van der Waals surface area contributed by atoms with Gasteiger partial charge < -0.3 is 10.4 Å². The molecule has 1 fully saturated rings. The van der Waals surface area contributed by atoms with E-state index in [0.29, 0.717) is 10.9 Å². The maximum absolute atomic E-state index is 13.0. The predicted molar refractivity (Wildman–Crippen MR) is 73.3 cm³/mol. The van der Waals surface area contributed by atoms with Crippen LogP contribution in [0.25, 0.3) is 0 Å². The minimum atomic E-state index is -0.819. The predicted octanol–water partition coefficient (Wildman–Crippen LogP) is 2.95. The molecule has 1 unspecified atom stereocenters. The molecule has 0 aliphatic heterocycles. The summed E-state index contributed by atoms with van der Waals surface area (Å²) in [6, 6.07) is 4.47. The molecule has 0 saturated heterocycles. The van der Waals surface area contributed by atoms with Gasteiger partial charge in [0.25, 0.3) is 0 Å². The molecule has 1 aliphatic carbocycles. The summed E-state index contributed by atoms with van der Waals surface area (Å²) in [5.41, 5.74) is -0.285. The van der Waals surface area contributed by atoms with E-state index in [-0.39, 0.29) is 12.1 Å². The summed E-state index contributed by atoms with van der Waals surface area (Å²) in [5.74, 6) is -0.882. The Labute approximate surface area is 116 Å². The fourth-order valence-corrected chi connectivity index (χ4v) is 3.02. The van der Waals surface area contributed by atoms with Crippen LogP contribution in [0, 0.1) is 11.6 Å². The average molecular weight is 287 g/mol. The van der Waals surface area contributed by atoms with Gasteiger partial charge in [-0.3, -0.25) is 0 Å². The maximum Gasteiger partial charge on any atom is 0.159 e. The first-order chi connectivity index (χ1) is 9.02. The number of benzene rings is 1. The van der Waals surface area contributed by atoms with E-state index in [1.807, 2.05) is 6.92 Å². The molecule has 1 aliphatic rings. The third-order valence-corrected chi connectivity index (χ3v) is 4.29. The van der Waals surface area contributed by atoms with Crippen LogP contribution in [-0.2, 0) is 0 Å². The normalized spacial score (nSPS) is 18.3. The van der Waals surface area contributed by atoms with Crippen molar-refractivity contribution in [2.24, 2.45) is 0 Å². The second-order valence-electron chi connectivity index (χ2n) is 5.31. The number of halogens is 2. The lowest BCUT2D eigenvalue weighted by Gasteiger charge is -2.28. The van der Waals surface area contributed by atoms with Gasteiger partial charge in [0.05, 0.1) is 6.61 Å². The zero-order valence-electron chi connectivity index (χ0n) is 11.0. The number of aliphatic hydroxyl groups excluding tert-OH is 1. The zero-order chi connectivity index (χ0) is 13.9. The maximum atomic E-state index is 13.0. The lowest BCUT2D eigenvalue weighted by Crippen LogP contribution is -2.47. The SMILES string of the molecule is CC(CO)(CCSc1ccc(F)c(F)c1)NC1CC1. The minimum Gasteiger partial charge on any atom is -0.394 e. The second-order valence-corrected chi connectivity index (χ2v) is 6.48. The monoisotopic (exact) mass is 287 g/mol. The Morgan fingerprint density at radius 2 is 2.11 bits per heavy atom. The molecule has 1 aromatic rings. The summed E-state index contributed by atoms with van der Waals surface area (Å²) in [6.07, 6.45) is 3.13. The van der Waals surface area contributed by atoms with E-state index in [1.165, 1.54) is 30.7 Å². The highest BCUT2D eigenvalue weighted by Gasteiger charge is 2.31. The van der Waals surface area contributed by atoms with Crippen molar-refractivity contribution in [2.75, 3.05) is 12.4 Å². The minimum absolute atomic E-state index is 0.0852. The number of nitrogens with one attached hydrogen (secondary N) is 1. The molecular weight excluding hydrogens is 268 g/mol. The molecule has 5 heteroatoms. The van der Waals surface area contributed by atoms with Crippen molar-refractivity contribution >= 4 is 11.8 Å². The summed E-state index contributed by atoms with van der Waals surface area (Å²) in [7, 11) is 0. The summed E-state index contributed by atoms with van der Waals surface area (Å²) < 4.78 is 25.8. The van der Waals surface area contributed by atoms with Gasteiger partial charge in [0.15, 0.2) is 11.6 Å². The van der Waals surface area contributed by atoms with Crippen molar-refractivity contribution in [3.05, 3.63) is 29.8 Å². The Hall–Kier alpha value is -0.650. The molecule has 0 radical (unpaired) electrons. The number of aliphatic hydroxyl groups is 1. The Morgan fingerprint density at radius 3 is 2.68 bits per heavy atom. The van der Waals surface area contributed by atoms with Crippen LogP contribution in [0.5, 0.6) is 0 Å². The molecule has 0 spiro atoms. The van der Waals surface area contributed by atoms with E-state index >= 15 is 0 Å². The molecule has 2 rings (SSSR count). The number of hydrogen-bond donors (Lipinski definition) is 2. The highest BCUT2D eigenvalue weighted by atomic mass is 32.2. The molecule has 2 nitrogen and oxygen atoms in total. The first kappa shape index (κ1) is 14.8. The highest BCUT2D eigenvalue weighted by Crippen LogP contribution is 2.27. The molecule has 1 saturated carbocycles. The van der Waals surface area contributed by atoms with Crippen molar-refractivity contribution in [3.8, 4) is 0 Å². The average Bonchev–Trinajstić information content (AvgIpc) is 3.17. The Morgan fingerprint density at radius 1 is 1.37 bits per heavy atom. The molecule has 1 aromatic carbocycles. The third-order valence-electron chi connectivity index (χ3n) is 3.29. The number of hydrogen-bond acceptors (Lipinski definition) is 3. The van der Waals surface area contributed by atoms with Crippen LogP contribution in [0.2, 0.25) is 0 Å². The van der Waals surface area contributed by atoms with Gasteiger partial charge in [0.1, 0.15) is 0 Å². The van der Waals surface area contributed by atoms with Crippen LogP contribution in [0.15, 0.2) is 23.1 Å². The molecule has 2 N–H and O–H groups in total. The van der Waals surface area contributed by atoms with Gasteiger partial charge in [-0.15, -0.1) is 11.8 Å².